The van der Waals surface area contributed by atoms with E-state index < -0.39 is 24.6 Å². The third-order valence-corrected chi connectivity index (χ3v) is 4.97. The van der Waals surface area contributed by atoms with Gasteiger partial charge in [0.15, 0.2) is 0 Å². The molecule has 0 amide bonds. The van der Waals surface area contributed by atoms with E-state index in [1.54, 1.807) is 27.7 Å². The van der Waals surface area contributed by atoms with Crippen molar-refractivity contribution in [1.29, 1.82) is 0 Å². The van der Waals surface area contributed by atoms with Gasteiger partial charge in [-0.3, -0.25) is 4.57 Å². The summed E-state index contributed by atoms with van der Waals surface area (Å²) < 4.78 is 62.1. The molecule has 1 aromatic rings. The fourth-order valence-electron chi connectivity index (χ4n) is 1.77. The first-order valence-electron chi connectivity index (χ1n) is 6.23. The lowest BCUT2D eigenvalue weighted by Crippen LogP contribution is -2.23. The summed E-state index contributed by atoms with van der Waals surface area (Å²) in [6, 6.07) is 2.22. The van der Waals surface area contributed by atoms with Crippen LogP contribution < -0.4 is 5.30 Å². The van der Waals surface area contributed by atoms with Gasteiger partial charge in [-0.25, -0.2) is 0 Å². The zero-order valence-electron chi connectivity index (χ0n) is 11.9. The summed E-state index contributed by atoms with van der Waals surface area (Å²) in [5.74, 6) is 0. The van der Waals surface area contributed by atoms with Crippen molar-refractivity contribution < 1.29 is 26.8 Å². The van der Waals surface area contributed by atoms with Crippen LogP contribution in [0.15, 0.2) is 12.1 Å². The molecule has 0 aliphatic heterocycles. The minimum absolute atomic E-state index is 0.00149. The SMILES string of the molecule is CCOP(=O)(OCC)c1cc(C)c(C)cc1C(F)(F)F. The molecular weight excluding hydrogens is 292 g/mol. The largest absolute Gasteiger partial charge is 0.417 e. The van der Waals surface area contributed by atoms with E-state index in [1.165, 1.54) is 6.07 Å². The van der Waals surface area contributed by atoms with Gasteiger partial charge in [-0.15, -0.1) is 0 Å². The zero-order chi connectivity index (χ0) is 15.6. The molecular formula is C13H18F3O3P. The smallest absolute Gasteiger partial charge is 0.305 e. The Morgan fingerprint density at radius 1 is 1.05 bits per heavy atom. The van der Waals surface area contributed by atoms with Gasteiger partial charge in [0.25, 0.3) is 0 Å². The molecule has 3 nitrogen and oxygen atoms in total. The summed E-state index contributed by atoms with van der Waals surface area (Å²) in [5, 5.41) is -0.420. The van der Waals surface area contributed by atoms with E-state index >= 15 is 0 Å². The molecule has 0 bridgehead atoms. The molecule has 0 saturated carbocycles. The maximum Gasteiger partial charge on any atom is 0.417 e. The third-order valence-electron chi connectivity index (χ3n) is 2.81. The molecule has 0 N–H and O–H groups in total. The van der Waals surface area contributed by atoms with Gasteiger partial charge in [0.05, 0.1) is 24.1 Å². The topological polar surface area (TPSA) is 35.5 Å². The molecule has 20 heavy (non-hydrogen) atoms. The van der Waals surface area contributed by atoms with Crippen molar-refractivity contribution in [3.63, 3.8) is 0 Å². The monoisotopic (exact) mass is 310 g/mol. The molecule has 1 aromatic carbocycles. The normalized spacial score (nSPS) is 12.8. The summed E-state index contributed by atoms with van der Waals surface area (Å²) >= 11 is 0. The van der Waals surface area contributed by atoms with E-state index in [-0.39, 0.29) is 13.2 Å². The van der Waals surface area contributed by atoms with Crippen molar-refractivity contribution in [2.45, 2.75) is 33.9 Å². The van der Waals surface area contributed by atoms with Gasteiger partial charge in [0.2, 0.25) is 0 Å². The molecule has 0 atom stereocenters. The summed E-state index contributed by atoms with van der Waals surface area (Å²) in [7, 11) is -3.97. The van der Waals surface area contributed by atoms with Crippen molar-refractivity contribution in [1.82, 2.24) is 0 Å². The second-order valence-corrected chi connectivity index (χ2v) is 6.28. The van der Waals surface area contributed by atoms with Gasteiger partial charge in [0.1, 0.15) is 0 Å². The third kappa shape index (κ3) is 3.62. The average molecular weight is 310 g/mol. The Morgan fingerprint density at radius 2 is 1.50 bits per heavy atom. The number of alkyl halides is 3. The Morgan fingerprint density at radius 3 is 1.90 bits per heavy atom. The number of benzene rings is 1. The Labute approximate surface area is 116 Å². The lowest BCUT2D eigenvalue weighted by Gasteiger charge is -2.22. The van der Waals surface area contributed by atoms with Crippen LogP contribution in [-0.4, -0.2) is 13.2 Å². The minimum atomic E-state index is -4.61. The standard InChI is InChI=1S/C13H18F3O3P/c1-5-18-20(17,19-6-2)12-8-10(4)9(3)7-11(12)13(14,15)16/h7-8H,5-6H2,1-4H3. The van der Waals surface area contributed by atoms with Crippen molar-refractivity contribution in [2.75, 3.05) is 13.2 Å². The maximum atomic E-state index is 13.1. The first-order chi connectivity index (χ1) is 9.15. The van der Waals surface area contributed by atoms with Crippen LogP contribution >= 0.6 is 7.60 Å². The van der Waals surface area contributed by atoms with Gasteiger partial charge in [-0.1, -0.05) is 0 Å². The highest BCUT2D eigenvalue weighted by molar-refractivity contribution is 7.62. The molecule has 0 spiro atoms. The summed E-state index contributed by atoms with van der Waals surface area (Å²) in [4.78, 5) is 0. The second-order valence-electron chi connectivity index (χ2n) is 4.28. The summed E-state index contributed by atoms with van der Waals surface area (Å²) in [5.41, 5.74) is 0.110. The van der Waals surface area contributed by atoms with Gasteiger partial charge in [-0.2, -0.15) is 13.2 Å². The van der Waals surface area contributed by atoms with Gasteiger partial charge < -0.3 is 9.05 Å². The van der Waals surface area contributed by atoms with Crippen LogP contribution in [0.5, 0.6) is 0 Å². The van der Waals surface area contributed by atoms with Gasteiger partial charge in [0, 0.05) is 0 Å². The van der Waals surface area contributed by atoms with Crippen LogP contribution in [0.25, 0.3) is 0 Å². The maximum absolute atomic E-state index is 13.1. The van der Waals surface area contributed by atoms with Gasteiger partial charge >= 0.3 is 13.8 Å². The fourth-order valence-corrected chi connectivity index (χ4v) is 3.64. The Kier molecular flexibility index (Phi) is 5.41. The summed E-state index contributed by atoms with van der Waals surface area (Å²) in [6.45, 7) is 6.34. The zero-order valence-corrected chi connectivity index (χ0v) is 12.8. The number of halogens is 3. The summed E-state index contributed by atoms with van der Waals surface area (Å²) in [6.07, 6.45) is -4.61. The van der Waals surface area contributed by atoms with Crippen molar-refractivity contribution >= 4 is 12.9 Å². The first kappa shape index (κ1) is 17.2. The molecule has 1 rings (SSSR count). The van der Waals surface area contributed by atoms with E-state index in [4.69, 9.17) is 9.05 Å². The van der Waals surface area contributed by atoms with Crippen LogP contribution in [0.3, 0.4) is 0 Å². The molecule has 0 aromatic heterocycles. The van der Waals surface area contributed by atoms with Crippen LogP contribution in [0.4, 0.5) is 13.2 Å². The fraction of sp³-hybridized carbons (Fsp3) is 0.538. The van der Waals surface area contributed by atoms with E-state index in [1.807, 2.05) is 0 Å². The Hall–Kier alpha value is -0.840. The number of rotatable bonds is 5. The minimum Gasteiger partial charge on any atom is -0.305 e. The lowest BCUT2D eigenvalue weighted by molar-refractivity contribution is -0.136. The Bertz CT molecular complexity index is 516. The van der Waals surface area contributed by atoms with Crippen LogP contribution in [0.1, 0.15) is 30.5 Å². The molecule has 7 heteroatoms. The highest BCUT2D eigenvalue weighted by atomic mass is 31.2. The van der Waals surface area contributed by atoms with Crippen molar-refractivity contribution in [3.8, 4) is 0 Å². The number of hydrogen-bond donors (Lipinski definition) is 0. The van der Waals surface area contributed by atoms with Crippen LogP contribution in [0.2, 0.25) is 0 Å². The van der Waals surface area contributed by atoms with Crippen LogP contribution in [0, 0.1) is 13.8 Å². The molecule has 0 saturated heterocycles. The molecule has 0 unspecified atom stereocenters. The average Bonchev–Trinajstić information content (AvgIpc) is 2.31. The molecule has 0 aliphatic carbocycles. The van der Waals surface area contributed by atoms with E-state index in [2.05, 4.69) is 0 Å². The molecule has 0 fully saturated rings. The van der Waals surface area contributed by atoms with Crippen molar-refractivity contribution in [3.05, 3.63) is 28.8 Å². The highest BCUT2D eigenvalue weighted by Gasteiger charge is 2.41. The van der Waals surface area contributed by atoms with E-state index in [0.717, 1.165) is 6.07 Å². The lowest BCUT2D eigenvalue weighted by atomic mass is 10.1. The predicted octanol–water partition coefficient (Wildman–Crippen LogP) is 4.21. The number of aryl methyl sites for hydroxylation is 2. The van der Waals surface area contributed by atoms with E-state index in [9.17, 15) is 17.7 Å². The quantitative estimate of drug-likeness (QED) is 0.764. The van der Waals surface area contributed by atoms with E-state index in [0.29, 0.717) is 11.1 Å². The highest BCUT2D eigenvalue weighted by Crippen LogP contribution is 2.50. The Balaban J connectivity index is 3.55. The second kappa shape index (κ2) is 6.29. The molecule has 114 valence electrons. The molecule has 0 aliphatic rings. The predicted molar refractivity (Wildman–Crippen MR) is 71.4 cm³/mol. The number of hydrogen-bond acceptors (Lipinski definition) is 3. The van der Waals surface area contributed by atoms with Crippen molar-refractivity contribution in [2.24, 2.45) is 0 Å². The first-order valence-corrected chi connectivity index (χ1v) is 7.78. The molecule has 0 heterocycles. The molecule has 0 radical (unpaired) electrons. The van der Waals surface area contributed by atoms with Gasteiger partial charge in [-0.05, 0) is 51.0 Å². The van der Waals surface area contributed by atoms with Crippen LogP contribution in [-0.2, 0) is 19.8 Å².